The van der Waals surface area contributed by atoms with Crippen LogP contribution in [0.2, 0.25) is 0 Å². The van der Waals surface area contributed by atoms with Gasteiger partial charge in [0.1, 0.15) is 24.4 Å². The zero-order valence-corrected chi connectivity index (χ0v) is 13.2. The van der Waals surface area contributed by atoms with E-state index in [0.29, 0.717) is 19.6 Å². The Morgan fingerprint density at radius 2 is 1.57 bits per heavy atom. The lowest BCUT2D eigenvalue weighted by Gasteiger charge is -2.35. The fourth-order valence-electron chi connectivity index (χ4n) is 2.38. The van der Waals surface area contributed by atoms with Crippen molar-refractivity contribution >= 4 is 0 Å². The molecule has 0 saturated carbocycles. The quantitative estimate of drug-likeness (QED) is 0.322. The van der Waals surface area contributed by atoms with Crippen LogP contribution in [0.1, 0.15) is 19.8 Å². The Bertz CT molecular complexity index is 317. The van der Waals surface area contributed by atoms with Crippen LogP contribution >= 0.6 is 0 Å². The van der Waals surface area contributed by atoms with Crippen molar-refractivity contribution < 1.29 is 44.8 Å². The molecule has 2 aliphatic rings. The summed E-state index contributed by atoms with van der Waals surface area (Å²) in [5.41, 5.74) is 0. The van der Waals surface area contributed by atoms with Crippen LogP contribution in [0.4, 0.5) is 0 Å². The number of rotatable bonds is 4. The number of aliphatic hydroxyl groups excluding tert-OH is 6. The first kappa shape index (κ1) is 20.7. The van der Waals surface area contributed by atoms with Gasteiger partial charge in [-0.2, -0.15) is 0 Å². The molecular formula is C14H28O9. The van der Waals surface area contributed by atoms with Gasteiger partial charge in [0.2, 0.25) is 0 Å². The van der Waals surface area contributed by atoms with Gasteiger partial charge in [-0.15, -0.1) is 0 Å². The third-order valence-electron chi connectivity index (χ3n) is 3.77. The molecular weight excluding hydrogens is 312 g/mol. The first-order valence-electron chi connectivity index (χ1n) is 7.77. The van der Waals surface area contributed by atoms with Crippen molar-refractivity contribution in [3.63, 3.8) is 0 Å². The minimum atomic E-state index is -1.03. The number of ether oxygens (including phenoxy) is 3. The van der Waals surface area contributed by atoms with Gasteiger partial charge in [0, 0.05) is 19.6 Å². The summed E-state index contributed by atoms with van der Waals surface area (Å²) in [4.78, 5) is 0. The average Bonchev–Trinajstić information content (AvgIpc) is 2.54. The van der Waals surface area contributed by atoms with Crippen molar-refractivity contribution in [2.24, 2.45) is 0 Å². The molecule has 6 N–H and O–H groups in total. The largest absolute Gasteiger partial charge is 0.394 e. The van der Waals surface area contributed by atoms with Gasteiger partial charge in [-0.25, -0.2) is 0 Å². The third-order valence-corrected chi connectivity index (χ3v) is 3.77. The molecule has 2 heterocycles. The van der Waals surface area contributed by atoms with E-state index < -0.39 is 42.9 Å². The molecule has 2 fully saturated rings. The summed E-state index contributed by atoms with van der Waals surface area (Å²) >= 11 is 0. The molecule has 0 aromatic heterocycles. The maximum absolute atomic E-state index is 9.36. The monoisotopic (exact) mass is 340 g/mol. The highest BCUT2D eigenvalue weighted by Crippen LogP contribution is 2.20. The molecule has 9 heteroatoms. The molecule has 0 spiro atoms. The van der Waals surface area contributed by atoms with Crippen LogP contribution < -0.4 is 0 Å². The van der Waals surface area contributed by atoms with Crippen LogP contribution in [-0.4, -0.2) is 100.0 Å². The van der Waals surface area contributed by atoms with E-state index in [1.54, 1.807) is 0 Å². The Hall–Kier alpha value is -0.360. The average molecular weight is 340 g/mol. The lowest BCUT2D eigenvalue weighted by molar-refractivity contribution is -0.255. The van der Waals surface area contributed by atoms with Gasteiger partial charge in [0.25, 0.3) is 0 Å². The third kappa shape index (κ3) is 6.22. The summed E-state index contributed by atoms with van der Waals surface area (Å²) < 4.78 is 15.3. The first-order valence-corrected chi connectivity index (χ1v) is 7.77. The maximum atomic E-state index is 9.36. The highest BCUT2D eigenvalue weighted by molar-refractivity contribution is 4.82. The normalized spacial score (nSPS) is 41.1. The molecule has 0 radical (unpaired) electrons. The topological polar surface area (TPSA) is 149 Å². The van der Waals surface area contributed by atoms with E-state index in [0.717, 1.165) is 0 Å². The van der Waals surface area contributed by atoms with Crippen LogP contribution in [0.25, 0.3) is 0 Å². The fraction of sp³-hybridized carbons (Fsp3) is 1.00. The van der Waals surface area contributed by atoms with Crippen LogP contribution in [0.3, 0.4) is 0 Å². The van der Waals surface area contributed by atoms with Gasteiger partial charge < -0.3 is 44.8 Å². The SMILES string of the molecule is CCO[C@@H]1C[C@@H](O)[C@H](O)C(CO)O1.OCC1OCCC(O)C1O. The second kappa shape index (κ2) is 10.5. The molecule has 0 aromatic carbocycles. The van der Waals surface area contributed by atoms with Gasteiger partial charge in [-0.1, -0.05) is 0 Å². The zero-order valence-electron chi connectivity index (χ0n) is 13.2. The molecule has 0 amide bonds. The number of aliphatic hydroxyl groups is 6. The Kier molecular flexibility index (Phi) is 9.44. The fourth-order valence-corrected chi connectivity index (χ4v) is 2.38. The lowest BCUT2D eigenvalue weighted by atomic mass is 10.0. The zero-order chi connectivity index (χ0) is 17.4. The molecule has 7 atom stereocenters. The van der Waals surface area contributed by atoms with Gasteiger partial charge in [0.05, 0.1) is 25.4 Å². The van der Waals surface area contributed by atoms with Crippen molar-refractivity contribution in [2.45, 2.75) is 62.7 Å². The number of hydrogen-bond donors (Lipinski definition) is 6. The van der Waals surface area contributed by atoms with Gasteiger partial charge in [-0.3, -0.25) is 0 Å². The molecule has 0 aliphatic carbocycles. The smallest absolute Gasteiger partial charge is 0.160 e. The van der Waals surface area contributed by atoms with E-state index in [-0.39, 0.29) is 19.6 Å². The molecule has 9 nitrogen and oxygen atoms in total. The van der Waals surface area contributed by atoms with E-state index in [2.05, 4.69) is 0 Å². The van der Waals surface area contributed by atoms with E-state index in [9.17, 15) is 10.2 Å². The minimum Gasteiger partial charge on any atom is -0.394 e. The van der Waals surface area contributed by atoms with Crippen molar-refractivity contribution in [3.8, 4) is 0 Å². The first-order chi connectivity index (χ1) is 10.9. The highest BCUT2D eigenvalue weighted by Gasteiger charge is 2.36. The van der Waals surface area contributed by atoms with Gasteiger partial charge in [-0.05, 0) is 13.3 Å². The van der Waals surface area contributed by atoms with Crippen molar-refractivity contribution in [1.29, 1.82) is 0 Å². The summed E-state index contributed by atoms with van der Waals surface area (Å²) in [7, 11) is 0. The molecule has 0 bridgehead atoms. The maximum Gasteiger partial charge on any atom is 0.160 e. The molecule has 0 aromatic rings. The lowest BCUT2D eigenvalue weighted by Crippen LogP contribution is -2.50. The molecule has 138 valence electrons. The van der Waals surface area contributed by atoms with Crippen LogP contribution in [-0.2, 0) is 14.2 Å². The summed E-state index contributed by atoms with van der Waals surface area (Å²) in [5.74, 6) is 0. The van der Waals surface area contributed by atoms with Crippen LogP contribution in [0.15, 0.2) is 0 Å². The van der Waals surface area contributed by atoms with Crippen molar-refractivity contribution in [2.75, 3.05) is 26.4 Å². The molecule has 4 unspecified atom stereocenters. The predicted octanol–water partition coefficient (Wildman–Crippen LogP) is -2.66. The Labute approximate surface area is 135 Å². The summed E-state index contributed by atoms with van der Waals surface area (Å²) in [5, 5.41) is 54.2. The second-order valence-electron chi connectivity index (χ2n) is 5.47. The van der Waals surface area contributed by atoms with E-state index >= 15 is 0 Å². The van der Waals surface area contributed by atoms with E-state index in [4.69, 9.17) is 34.6 Å². The van der Waals surface area contributed by atoms with Crippen molar-refractivity contribution in [3.05, 3.63) is 0 Å². The van der Waals surface area contributed by atoms with Gasteiger partial charge in [0.15, 0.2) is 6.29 Å². The van der Waals surface area contributed by atoms with Crippen LogP contribution in [0.5, 0.6) is 0 Å². The predicted molar refractivity (Wildman–Crippen MR) is 77.5 cm³/mol. The summed E-state index contributed by atoms with van der Waals surface area (Å²) in [6.07, 6.45) is -4.79. The van der Waals surface area contributed by atoms with E-state index in [1.807, 2.05) is 6.92 Å². The standard InChI is InChI=1S/C8H16O5.C6H12O4/c1-2-12-7-3-5(10)8(11)6(4-9)13-7;7-3-5-6(9)4(8)1-2-10-5/h5-11H,2-4H2,1H3;4-9H,1-3H2/t5-,6?,7+,8+;/m1./s1. The highest BCUT2D eigenvalue weighted by atomic mass is 16.7. The van der Waals surface area contributed by atoms with Crippen LogP contribution in [0, 0.1) is 0 Å². The molecule has 2 saturated heterocycles. The number of hydrogen-bond acceptors (Lipinski definition) is 9. The summed E-state index contributed by atoms with van der Waals surface area (Å²) in [6, 6.07) is 0. The van der Waals surface area contributed by atoms with Gasteiger partial charge >= 0.3 is 0 Å². The molecule has 2 aliphatic heterocycles. The Morgan fingerprint density at radius 3 is 2.09 bits per heavy atom. The summed E-state index contributed by atoms with van der Waals surface area (Å²) in [6.45, 7) is 2.14. The minimum absolute atomic E-state index is 0.238. The van der Waals surface area contributed by atoms with E-state index in [1.165, 1.54) is 0 Å². The Morgan fingerprint density at radius 1 is 0.957 bits per heavy atom. The molecule has 2 rings (SSSR count). The van der Waals surface area contributed by atoms with Crippen molar-refractivity contribution in [1.82, 2.24) is 0 Å². The Balaban J connectivity index is 0.000000238. The second-order valence-corrected chi connectivity index (χ2v) is 5.47. The molecule has 23 heavy (non-hydrogen) atoms.